The normalized spacial score (nSPS) is 22.4. The molecule has 0 bridgehead atoms. The van der Waals surface area contributed by atoms with E-state index in [4.69, 9.17) is 0 Å². The number of hydrogen-bond acceptors (Lipinski definition) is 7. The Bertz CT molecular complexity index is 1140. The highest BCUT2D eigenvalue weighted by atomic mass is 32.2. The highest BCUT2D eigenvalue weighted by Gasteiger charge is 2.42. The Morgan fingerprint density at radius 1 is 1.00 bits per heavy atom. The molecule has 1 aromatic carbocycles. The Kier molecular flexibility index (Phi) is 5.28. The van der Waals surface area contributed by atoms with Crippen LogP contribution in [-0.4, -0.2) is 64.0 Å². The zero-order valence-corrected chi connectivity index (χ0v) is 18.0. The van der Waals surface area contributed by atoms with Gasteiger partial charge in [0.2, 0.25) is 26.0 Å². The Morgan fingerprint density at radius 2 is 1.67 bits per heavy atom. The fourth-order valence-corrected chi connectivity index (χ4v) is 6.93. The summed E-state index contributed by atoms with van der Waals surface area (Å²) in [4.78, 5) is 18.6. The smallest absolute Gasteiger partial charge is 0.244 e. The molecule has 0 aliphatic carbocycles. The van der Waals surface area contributed by atoms with Crippen molar-refractivity contribution in [3.8, 4) is 0 Å². The van der Waals surface area contributed by atoms with E-state index in [0.29, 0.717) is 26.2 Å². The summed E-state index contributed by atoms with van der Waals surface area (Å²) in [7, 11) is -7.45. The number of anilines is 2. The third-order valence-electron chi connectivity index (χ3n) is 5.28. The first-order valence-electron chi connectivity index (χ1n) is 9.53. The maximum atomic E-state index is 13.0. The van der Waals surface area contributed by atoms with Gasteiger partial charge >= 0.3 is 0 Å². The van der Waals surface area contributed by atoms with Gasteiger partial charge in [0, 0.05) is 32.4 Å². The molecular formula is C19H22N4O5S2. The predicted molar refractivity (Wildman–Crippen MR) is 112 cm³/mol. The topological polar surface area (TPSA) is 108 Å². The molecule has 30 heavy (non-hydrogen) atoms. The van der Waals surface area contributed by atoms with Crippen LogP contribution in [0.5, 0.6) is 0 Å². The van der Waals surface area contributed by atoms with Crippen molar-refractivity contribution in [3.63, 3.8) is 0 Å². The average molecular weight is 451 g/mol. The Hall–Kier alpha value is -2.50. The molecule has 0 saturated carbocycles. The Morgan fingerprint density at radius 3 is 2.20 bits per heavy atom. The van der Waals surface area contributed by atoms with Crippen LogP contribution in [0.4, 0.5) is 11.5 Å². The average Bonchev–Trinajstić information content (AvgIpc) is 2.95. The number of hydrogen-bond donors (Lipinski definition) is 0. The van der Waals surface area contributed by atoms with Crippen molar-refractivity contribution in [2.75, 3.05) is 41.1 Å². The SMILES string of the molecule is CC1CS(=O)(=O)N(c2ccc(S(=O)(=O)N3CCN(c4ccccn4)CC3)cc2)C1=O. The van der Waals surface area contributed by atoms with E-state index in [0.717, 1.165) is 10.1 Å². The third-order valence-corrected chi connectivity index (χ3v) is 9.06. The van der Waals surface area contributed by atoms with E-state index in [1.807, 2.05) is 23.1 Å². The van der Waals surface area contributed by atoms with Crippen LogP contribution in [0, 0.1) is 5.92 Å². The second-order valence-corrected chi connectivity index (χ2v) is 11.2. The molecule has 0 spiro atoms. The maximum absolute atomic E-state index is 13.0. The number of sulfonamides is 2. The lowest BCUT2D eigenvalue weighted by atomic mass is 10.2. The molecular weight excluding hydrogens is 428 g/mol. The minimum absolute atomic E-state index is 0.0645. The zero-order valence-electron chi connectivity index (χ0n) is 16.4. The first kappa shape index (κ1) is 20.8. The standard InChI is InChI=1S/C19H22N4O5S2/c1-15-14-29(25,26)23(19(15)24)16-5-7-17(8-6-16)30(27,28)22-12-10-21(11-13-22)18-4-2-3-9-20-18/h2-9,15H,10-14H2,1H3. The van der Waals surface area contributed by atoms with E-state index in [1.54, 1.807) is 13.1 Å². The fraction of sp³-hybridized carbons (Fsp3) is 0.368. The van der Waals surface area contributed by atoms with Crippen LogP contribution >= 0.6 is 0 Å². The zero-order chi connectivity index (χ0) is 21.5. The van der Waals surface area contributed by atoms with Gasteiger partial charge in [-0.25, -0.2) is 26.1 Å². The lowest BCUT2D eigenvalue weighted by molar-refractivity contribution is -0.119. The van der Waals surface area contributed by atoms with Gasteiger partial charge in [-0.15, -0.1) is 0 Å². The number of benzene rings is 1. The van der Waals surface area contributed by atoms with Gasteiger partial charge in [-0.1, -0.05) is 13.0 Å². The van der Waals surface area contributed by atoms with Gasteiger partial charge in [-0.05, 0) is 36.4 Å². The number of piperazine rings is 1. The molecule has 3 heterocycles. The van der Waals surface area contributed by atoms with E-state index < -0.39 is 31.9 Å². The monoisotopic (exact) mass is 450 g/mol. The van der Waals surface area contributed by atoms with Crippen molar-refractivity contribution in [1.29, 1.82) is 0 Å². The van der Waals surface area contributed by atoms with Crippen LogP contribution in [0.15, 0.2) is 53.6 Å². The molecule has 1 amide bonds. The molecule has 2 aromatic rings. The Labute approximate surface area is 176 Å². The van der Waals surface area contributed by atoms with Gasteiger partial charge in [0.05, 0.1) is 22.3 Å². The largest absolute Gasteiger partial charge is 0.354 e. The van der Waals surface area contributed by atoms with Gasteiger partial charge in [0.25, 0.3) is 0 Å². The first-order valence-corrected chi connectivity index (χ1v) is 12.6. The first-order chi connectivity index (χ1) is 14.2. The molecule has 11 heteroatoms. The molecule has 9 nitrogen and oxygen atoms in total. The van der Waals surface area contributed by atoms with E-state index in [9.17, 15) is 21.6 Å². The van der Waals surface area contributed by atoms with E-state index >= 15 is 0 Å². The van der Waals surface area contributed by atoms with Crippen molar-refractivity contribution in [2.45, 2.75) is 11.8 Å². The molecule has 0 radical (unpaired) electrons. The quantitative estimate of drug-likeness (QED) is 0.681. The number of aromatic nitrogens is 1. The number of pyridine rings is 1. The van der Waals surface area contributed by atoms with E-state index in [2.05, 4.69) is 4.98 Å². The van der Waals surface area contributed by atoms with Gasteiger partial charge in [-0.3, -0.25) is 4.79 Å². The van der Waals surface area contributed by atoms with Gasteiger partial charge in [-0.2, -0.15) is 4.31 Å². The van der Waals surface area contributed by atoms with Gasteiger partial charge in [0.1, 0.15) is 5.82 Å². The van der Waals surface area contributed by atoms with Crippen LogP contribution in [0.3, 0.4) is 0 Å². The summed E-state index contributed by atoms with van der Waals surface area (Å²) in [5.41, 5.74) is 0.156. The summed E-state index contributed by atoms with van der Waals surface area (Å²) in [5, 5.41) is 0. The molecule has 4 rings (SSSR count). The second-order valence-electron chi connectivity index (χ2n) is 7.36. The molecule has 1 aromatic heterocycles. The molecule has 1 unspecified atom stereocenters. The summed E-state index contributed by atoms with van der Waals surface area (Å²) < 4.78 is 52.6. The minimum Gasteiger partial charge on any atom is -0.354 e. The lowest BCUT2D eigenvalue weighted by Crippen LogP contribution is -2.48. The fourth-order valence-electron chi connectivity index (χ4n) is 3.69. The van der Waals surface area contributed by atoms with Crippen molar-refractivity contribution < 1.29 is 21.6 Å². The summed E-state index contributed by atoms with van der Waals surface area (Å²) >= 11 is 0. The lowest BCUT2D eigenvalue weighted by Gasteiger charge is -2.34. The number of rotatable bonds is 4. The molecule has 2 fully saturated rings. The van der Waals surface area contributed by atoms with Crippen molar-refractivity contribution in [1.82, 2.24) is 9.29 Å². The van der Waals surface area contributed by atoms with Crippen molar-refractivity contribution >= 4 is 37.5 Å². The third kappa shape index (κ3) is 3.68. The van der Waals surface area contributed by atoms with Crippen molar-refractivity contribution in [2.24, 2.45) is 5.92 Å². The summed E-state index contributed by atoms with van der Waals surface area (Å²) in [5.74, 6) is -0.554. The number of carbonyl (C=O) groups excluding carboxylic acids is 1. The highest BCUT2D eigenvalue weighted by Crippen LogP contribution is 2.29. The Balaban J connectivity index is 1.50. The molecule has 160 valence electrons. The van der Waals surface area contributed by atoms with Gasteiger partial charge < -0.3 is 4.90 Å². The van der Waals surface area contributed by atoms with Crippen LogP contribution < -0.4 is 9.21 Å². The number of amides is 1. The molecule has 2 aliphatic heterocycles. The molecule has 0 N–H and O–H groups in total. The number of nitrogens with zero attached hydrogens (tertiary/aromatic N) is 4. The van der Waals surface area contributed by atoms with Crippen LogP contribution in [0.2, 0.25) is 0 Å². The van der Waals surface area contributed by atoms with Crippen LogP contribution in [0.25, 0.3) is 0 Å². The molecule has 1 atom stereocenters. The van der Waals surface area contributed by atoms with Crippen molar-refractivity contribution in [3.05, 3.63) is 48.7 Å². The summed E-state index contributed by atoms with van der Waals surface area (Å²) in [6.07, 6.45) is 1.70. The van der Waals surface area contributed by atoms with E-state index in [1.165, 1.54) is 28.6 Å². The molecule has 2 aliphatic rings. The summed E-state index contributed by atoms with van der Waals surface area (Å²) in [6, 6.07) is 11.0. The van der Waals surface area contributed by atoms with E-state index in [-0.39, 0.29) is 16.3 Å². The predicted octanol–water partition coefficient (Wildman–Crippen LogP) is 0.905. The van der Waals surface area contributed by atoms with Crippen LogP contribution in [0.1, 0.15) is 6.92 Å². The van der Waals surface area contributed by atoms with Gasteiger partial charge in [0.15, 0.2) is 0 Å². The second kappa shape index (κ2) is 7.64. The molecule has 2 saturated heterocycles. The minimum atomic E-state index is -3.73. The maximum Gasteiger partial charge on any atom is 0.244 e. The number of carbonyl (C=O) groups is 1. The highest BCUT2D eigenvalue weighted by molar-refractivity contribution is 7.94. The van der Waals surface area contributed by atoms with Crippen LogP contribution in [-0.2, 0) is 24.8 Å². The summed E-state index contributed by atoms with van der Waals surface area (Å²) in [6.45, 7) is 3.23.